The fraction of sp³-hybridized carbons (Fsp3) is 0.158. The van der Waals surface area contributed by atoms with Crippen LogP contribution in [-0.4, -0.2) is 30.8 Å². The molecule has 0 fully saturated rings. The first-order valence-electron chi connectivity index (χ1n) is 8.44. The number of carbonyl (C=O) groups excluding carboxylic acids is 1. The van der Waals surface area contributed by atoms with E-state index in [1.807, 2.05) is 6.92 Å². The number of ether oxygens (including phenoxy) is 2. The Hall–Kier alpha value is -3.40. The quantitative estimate of drug-likeness (QED) is 0.318. The number of carbonyl (C=O) groups is 1. The van der Waals surface area contributed by atoms with Crippen molar-refractivity contribution in [2.45, 2.75) is 6.92 Å². The van der Waals surface area contributed by atoms with Crippen LogP contribution in [0.2, 0.25) is 0 Å². The third-order valence-corrected chi connectivity index (χ3v) is 4.57. The van der Waals surface area contributed by atoms with E-state index in [1.165, 1.54) is 30.5 Å². The van der Waals surface area contributed by atoms with Crippen LogP contribution in [0.4, 0.5) is 5.69 Å². The van der Waals surface area contributed by atoms with Gasteiger partial charge < -0.3 is 13.9 Å². The summed E-state index contributed by atoms with van der Waals surface area (Å²) >= 11 is 3.41. The van der Waals surface area contributed by atoms with E-state index in [2.05, 4.69) is 26.5 Å². The zero-order chi connectivity index (χ0) is 21.0. The summed E-state index contributed by atoms with van der Waals surface area (Å²) in [5, 5.41) is 15.2. The van der Waals surface area contributed by atoms with Gasteiger partial charge in [0.05, 0.1) is 24.9 Å². The number of methoxy groups -OCH3 is 1. The van der Waals surface area contributed by atoms with E-state index < -0.39 is 10.8 Å². The molecule has 0 spiro atoms. The van der Waals surface area contributed by atoms with E-state index in [-0.39, 0.29) is 11.4 Å². The number of nitrogens with one attached hydrogen (secondary N) is 1. The largest absolute Gasteiger partial charge is 0.493 e. The van der Waals surface area contributed by atoms with Gasteiger partial charge in [-0.3, -0.25) is 14.9 Å². The summed E-state index contributed by atoms with van der Waals surface area (Å²) in [5.74, 6) is 0.511. The van der Waals surface area contributed by atoms with Gasteiger partial charge in [0.15, 0.2) is 17.3 Å². The molecule has 0 saturated heterocycles. The Morgan fingerprint density at radius 2 is 2.10 bits per heavy atom. The molecular formula is C19H16BrN3O6. The molecule has 1 heterocycles. The van der Waals surface area contributed by atoms with Crippen molar-refractivity contribution in [3.8, 4) is 11.5 Å². The molecule has 3 rings (SSSR count). The first-order chi connectivity index (χ1) is 13.9. The molecule has 1 aromatic heterocycles. The standard InChI is InChI=1S/C19H16BrN3O6/c1-3-28-17-8-12(14(20)9-16(17)27-2)10-21-22-19(24)18-7-11-6-13(23(25)26)4-5-15(11)29-18/h4-10H,3H2,1-2H3,(H,22,24)/b21-10+. The van der Waals surface area contributed by atoms with Crippen LogP contribution < -0.4 is 14.9 Å². The summed E-state index contributed by atoms with van der Waals surface area (Å²) in [4.78, 5) is 22.6. The average molecular weight is 462 g/mol. The number of rotatable bonds is 7. The number of fused-ring (bicyclic) bond motifs is 1. The number of halogens is 1. The van der Waals surface area contributed by atoms with Gasteiger partial charge in [0.2, 0.25) is 0 Å². The van der Waals surface area contributed by atoms with E-state index >= 15 is 0 Å². The molecule has 0 atom stereocenters. The van der Waals surface area contributed by atoms with Gasteiger partial charge in [-0.1, -0.05) is 0 Å². The zero-order valence-corrected chi connectivity index (χ0v) is 17.1. The molecule has 0 unspecified atom stereocenters. The Bertz CT molecular complexity index is 1110. The number of nitro benzene ring substituents is 1. The molecule has 29 heavy (non-hydrogen) atoms. The van der Waals surface area contributed by atoms with E-state index in [4.69, 9.17) is 13.9 Å². The van der Waals surface area contributed by atoms with Crippen molar-refractivity contribution in [2.75, 3.05) is 13.7 Å². The smallest absolute Gasteiger partial charge is 0.307 e. The number of hydrogen-bond donors (Lipinski definition) is 1. The topological polar surface area (TPSA) is 116 Å². The minimum atomic E-state index is -0.588. The SMILES string of the molecule is CCOc1cc(/C=N/NC(=O)c2cc3cc([N+](=O)[O-])ccc3o2)c(Br)cc1OC. The molecule has 0 saturated carbocycles. The molecule has 0 bridgehead atoms. The number of benzene rings is 2. The second-order valence-electron chi connectivity index (χ2n) is 5.75. The van der Waals surface area contributed by atoms with Gasteiger partial charge in [0, 0.05) is 27.6 Å². The van der Waals surface area contributed by atoms with E-state index in [0.717, 1.165) is 0 Å². The summed E-state index contributed by atoms with van der Waals surface area (Å²) in [6.07, 6.45) is 1.44. The predicted molar refractivity (Wildman–Crippen MR) is 110 cm³/mol. The van der Waals surface area contributed by atoms with Gasteiger partial charge in [0.1, 0.15) is 5.58 Å². The molecule has 3 aromatic rings. The minimum absolute atomic E-state index is 0.0125. The molecule has 10 heteroatoms. The van der Waals surface area contributed by atoms with Crippen LogP contribution in [0.3, 0.4) is 0 Å². The highest BCUT2D eigenvalue weighted by Gasteiger charge is 2.15. The Morgan fingerprint density at radius 3 is 2.79 bits per heavy atom. The van der Waals surface area contributed by atoms with Gasteiger partial charge in [-0.2, -0.15) is 5.10 Å². The minimum Gasteiger partial charge on any atom is -0.493 e. The molecular weight excluding hydrogens is 446 g/mol. The molecule has 0 radical (unpaired) electrons. The van der Waals surface area contributed by atoms with Crippen molar-refractivity contribution in [1.29, 1.82) is 0 Å². The maximum Gasteiger partial charge on any atom is 0.307 e. The van der Waals surface area contributed by atoms with Crippen LogP contribution in [0.1, 0.15) is 23.0 Å². The second-order valence-corrected chi connectivity index (χ2v) is 6.60. The Kier molecular flexibility index (Phi) is 6.13. The number of furan rings is 1. The van der Waals surface area contributed by atoms with Crippen LogP contribution in [0.25, 0.3) is 11.0 Å². The highest BCUT2D eigenvalue weighted by molar-refractivity contribution is 9.10. The molecule has 2 aromatic carbocycles. The maximum atomic E-state index is 12.3. The average Bonchev–Trinajstić information content (AvgIpc) is 3.13. The van der Waals surface area contributed by atoms with Gasteiger partial charge in [-0.15, -0.1) is 0 Å². The van der Waals surface area contributed by atoms with Crippen LogP contribution in [-0.2, 0) is 0 Å². The number of nitrogens with zero attached hydrogens (tertiary/aromatic N) is 2. The monoisotopic (exact) mass is 461 g/mol. The van der Waals surface area contributed by atoms with Crippen molar-refractivity contribution < 1.29 is 23.6 Å². The summed E-state index contributed by atoms with van der Waals surface area (Å²) in [5.41, 5.74) is 3.30. The molecule has 0 aliphatic carbocycles. The third-order valence-electron chi connectivity index (χ3n) is 3.89. The first-order valence-corrected chi connectivity index (χ1v) is 9.24. The number of hydrogen-bond acceptors (Lipinski definition) is 7. The lowest BCUT2D eigenvalue weighted by molar-refractivity contribution is -0.384. The van der Waals surface area contributed by atoms with Gasteiger partial charge >= 0.3 is 5.91 Å². The summed E-state index contributed by atoms with van der Waals surface area (Å²) in [7, 11) is 1.54. The van der Waals surface area contributed by atoms with Crippen molar-refractivity contribution in [1.82, 2.24) is 5.43 Å². The molecule has 9 nitrogen and oxygen atoms in total. The van der Waals surface area contributed by atoms with E-state index in [9.17, 15) is 14.9 Å². The Morgan fingerprint density at radius 1 is 1.31 bits per heavy atom. The number of amides is 1. The van der Waals surface area contributed by atoms with Crippen molar-refractivity contribution >= 4 is 44.7 Å². The fourth-order valence-corrected chi connectivity index (χ4v) is 2.97. The Balaban J connectivity index is 1.76. The van der Waals surface area contributed by atoms with E-state index in [0.29, 0.717) is 39.1 Å². The number of non-ortho nitro benzene ring substituents is 1. The first kappa shape index (κ1) is 20.3. The third kappa shape index (κ3) is 4.54. The second kappa shape index (κ2) is 8.74. The summed E-state index contributed by atoms with van der Waals surface area (Å²) in [6.45, 7) is 2.33. The molecule has 1 N–H and O–H groups in total. The molecule has 0 aliphatic rings. The molecule has 0 aliphatic heterocycles. The summed E-state index contributed by atoms with van der Waals surface area (Å²) < 4.78 is 16.9. The normalized spacial score (nSPS) is 11.0. The Labute approximate surface area is 173 Å². The number of nitro groups is 1. The maximum absolute atomic E-state index is 12.3. The predicted octanol–water partition coefficient (Wildman–Crippen LogP) is 4.27. The lowest BCUT2D eigenvalue weighted by atomic mass is 10.2. The highest BCUT2D eigenvalue weighted by atomic mass is 79.9. The molecule has 1 amide bonds. The zero-order valence-electron chi connectivity index (χ0n) is 15.5. The fourth-order valence-electron chi connectivity index (χ4n) is 2.55. The van der Waals surface area contributed by atoms with Crippen molar-refractivity contribution in [2.24, 2.45) is 5.10 Å². The van der Waals surface area contributed by atoms with Crippen LogP contribution in [0.15, 0.2) is 50.4 Å². The van der Waals surface area contributed by atoms with Crippen LogP contribution in [0.5, 0.6) is 11.5 Å². The highest BCUT2D eigenvalue weighted by Crippen LogP contribution is 2.32. The van der Waals surface area contributed by atoms with Crippen LogP contribution >= 0.6 is 15.9 Å². The van der Waals surface area contributed by atoms with Gasteiger partial charge in [0.25, 0.3) is 5.69 Å². The lowest BCUT2D eigenvalue weighted by Crippen LogP contribution is -2.16. The number of hydrazone groups is 1. The lowest BCUT2D eigenvalue weighted by Gasteiger charge is -2.11. The van der Waals surface area contributed by atoms with Crippen LogP contribution in [0, 0.1) is 10.1 Å². The molecule has 150 valence electrons. The van der Waals surface area contributed by atoms with E-state index in [1.54, 1.807) is 19.2 Å². The van der Waals surface area contributed by atoms with Crippen molar-refractivity contribution in [3.05, 3.63) is 62.3 Å². The van der Waals surface area contributed by atoms with Gasteiger partial charge in [-0.25, -0.2) is 5.43 Å². The van der Waals surface area contributed by atoms with Crippen molar-refractivity contribution in [3.63, 3.8) is 0 Å². The van der Waals surface area contributed by atoms with Gasteiger partial charge in [-0.05, 0) is 47.1 Å². The summed E-state index contributed by atoms with van der Waals surface area (Å²) in [6, 6.07) is 8.97.